The molecule has 2 aliphatic heterocycles. The molecule has 206 valence electrons. The third-order valence-electron chi connectivity index (χ3n) is 7.04. The van der Waals surface area contributed by atoms with Crippen molar-refractivity contribution in [1.82, 2.24) is 9.80 Å². The van der Waals surface area contributed by atoms with Crippen LogP contribution >= 0.6 is 23.2 Å². The molecule has 2 amide bonds. The molecule has 2 heterocycles. The molecule has 0 saturated carbocycles. The van der Waals surface area contributed by atoms with Crippen molar-refractivity contribution >= 4 is 35.2 Å². The summed E-state index contributed by atoms with van der Waals surface area (Å²) in [6.07, 6.45) is -2.28. The summed E-state index contributed by atoms with van der Waals surface area (Å²) in [5.41, 5.74) is 0.548. The monoisotopic (exact) mass is 570 g/mol. The topological polar surface area (TPSA) is 49.9 Å². The molecule has 0 spiro atoms. The molecule has 0 aromatic heterocycles. The quantitative estimate of drug-likeness (QED) is 0.383. The van der Waals surface area contributed by atoms with Gasteiger partial charge in [0.1, 0.15) is 5.60 Å². The fourth-order valence-electron chi connectivity index (χ4n) is 5.06. The molecular weight excluding hydrogens is 540 g/mol. The van der Waals surface area contributed by atoms with Crippen molar-refractivity contribution in [3.05, 3.63) is 57.6 Å². The first-order valence-corrected chi connectivity index (χ1v) is 13.4. The van der Waals surface area contributed by atoms with Gasteiger partial charge < -0.3 is 14.5 Å². The minimum absolute atomic E-state index is 0.0552. The van der Waals surface area contributed by atoms with Gasteiger partial charge >= 0.3 is 12.3 Å². The first kappa shape index (κ1) is 28.6. The number of nitrogens with zero attached hydrogens (tertiary/aromatic N) is 2. The first-order valence-electron chi connectivity index (χ1n) is 12.7. The van der Waals surface area contributed by atoms with E-state index in [4.69, 9.17) is 27.9 Å². The number of benzene rings is 2. The lowest BCUT2D eigenvalue weighted by atomic mass is 9.95. The molecule has 0 aliphatic carbocycles. The van der Waals surface area contributed by atoms with Crippen LogP contribution in [0.2, 0.25) is 10.0 Å². The van der Waals surface area contributed by atoms with Gasteiger partial charge in [0.15, 0.2) is 0 Å². The molecule has 2 fully saturated rings. The fourth-order valence-corrected chi connectivity index (χ4v) is 5.71. The van der Waals surface area contributed by atoms with Gasteiger partial charge in [-0.25, -0.2) is 4.79 Å². The van der Waals surface area contributed by atoms with Crippen LogP contribution in [-0.4, -0.2) is 53.1 Å². The summed E-state index contributed by atoms with van der Waals surface area (Å²) < 4.78 is 44.1. The smallest absolute Gasteiger partial charge is 0.416 e. The van der Waals surface area contributed by atoms with Crippen LogP contribution in [0, 0.1) is 5.92 Å². The van der Waals surface area contributed by atoms with E-state index in [-0.39, 0.29) is 24.0 Å². The predicted molar refractivity (Wildman–Crippen MR) is 141 cm³/mol. The largest absolute Gasteiger partial charge is 0.444 e. The van der Waals surface area contributed by atoms with Crippen molar-refractivity contribution in [2.24, 2.45) is 5.92 Å². The number of carbonyl (C=O) groups excluding carboxylic acids is 2. The average Bonchev–Trinajstić information content (AvgIpc) is 3.19. The molecule has 2 saturated heterocycles. The second-order valence-corrected chi connectivity index (χ2v) is 11.7. The summed E-state index contributed by atoms with van der Waals surface area (Å²) in [6.45, 7) is 7.22. The number of carbonyl (C=O) groups is 2. The van der Waals surface area contributed by atoms with Crippen molar-refractivity contribution in [3.63, 3.8) is 0 Å². The Hall–Kier alpha value is -2.45. The maximum Gasteiger partial charge on any atom is 0.416 e. The SMILES string of the molecule is CC(C)(C)OC(=O)N1CCC(N2CCC(Cc3c(Cl)cc(-c4ccc(C(F)(F)F)cc4)cc3Cl)C2=O)CC1. The third kappa shape index (κ3) is 6.57. The van der Waals surface area contributed by atoms with Crippen molar-refractivity contribution in [2.75, 3.05) is 19.6 Å². The number of halogens is 5. The summed E-state index contributed by atoms with van der Waals surface area (Å²) in [5, 5.41) is 0.758. The van der Waals surface area contributed by atoms with Gasteiger partial charge in [0.25, 0.3) is 0 Å². The van der Waals surface area contributed by atoms with E-state index >= 15 is 0 Å². The van der Waals surface area contributed by atoms with Gasteiger partial charge in [-0.1, -0.05) is 35.3 Å². The van der Waals surface area contributed by atoms with Gasteiger partial charge in [-0.05, 0) is 87.4 Å². The van der Waals surface area contributed by atoms with Gasteiger partial charge in [-0.15, -0.1) is 0 Å². The van der Waals surface area contributed by atoms with Gasteiger partial charge in [0.05, 0.1) is 5.56 Å². The molecule has 0 bridgehead atoms. The van der Waals surface area contributed by atoms with Crippen LogP contribution in [0.15, 0.2) is 36.4 Å². The van der Waals surface area contributed by atoms with Gasteiger partial charge in [-0.3, -0.25) is 4.79 Å². The van der Waals surface area contributed by atoms with Gasteiger partial charge in [0.2, 0.25) is 5.91 Å². The molecule has 1 unspecified atom stereocenters. The zero-order valence-corrected chi connectivity index (χ0v) is 23.1. The number of hydrogen-bond acceptors (Lipinski definition) is 3. The second-order valence-electron chi connectivity index (χ2n) is 10.9. The van der Waals surface area contributed by atoms with E-state index in [1.54, 1.807) is 17.0 Å². The minimum Gasteiger partial charge on any atom is -0.444 e. The fraction of sp³-hybridized carbons (Fsp3) is 0.500. The zero-order chi connectivity index (χ0) is 27.8. The molecular formula is C28H31Cl2F3N2O3. The van der Waals surface area contributed by atoms with E-state index in [0.29, 0.717) is 72.1 Å². The standard InChI is InChI=1S/C28H31Cl2F3N2O3/c1-27(2,3)38-26(37)34-11-9-21(10-12-34)35-13-8-18(25(35)36)14-22-23(29)15-19(16-24(22)30)17-4-6-20(7-5-17)28(31,32)33/h4-7,15-16,18,21H,8-14H2,1-3H3. The molecule has 38 heavy (non-hydrogen) atoms. The average molecular weight is 571 g/mol. The van der Waals surface area contributed by atoms with E-state index < -0.39 is 17.3 Å². The maximum absolute atomic E-state index is 13.3. The Morgan fingerprint density at radius 1 is 0.947 bits per heavy atom. The number of hydrogen-bond donors (Lipinski definition) is 0. The van der Waals surface area contributed by atoms with E-state index in [0.717, 1.165) is 12.1 Å². The number of ether oxygens (including phenoxy) is 1. The molecule has 0 radical (unpaired) electrons. The molecule has 4 rings (SSSR count). The molecule has 1 atom stereocenters. The minimum atomic E-state index is -4.41. The molecule has 2 aliphatic rings. The summed E-state index contributed by atoms with van der Waals surface area (Å²) in [5.74, 6) is -0.203. The lowest BCUT2D eigenvalue weighted by molar-refractivity contribution is -0.137. The summed E-state index contributed by atoms with van der Waals surface area (Å²) >= 11 is 13.1. The van der Waals surface area contributed by atoms with E-state index in [1.807, 2.05) is 25.7 Å². The highest BCUT2D eigenvalue weighted by Gasteiger charge is 2.38. The third-order valence-corrected chi connectivity index (χ3v) is 7.72. The Kier molecular flexibility index (Phi) is 8.24. The highest BCUT2D eigenvalue weighted by Crippen LogP contribution is 2.37. The number of alkyl halides is 3. The normalized spacial score (nSPS) is 19.3. The Labute approximate surface area is 230 Å². The summed E-state index contributed by atoms with van der Waals surface area (Å²) in [4.78, 5) is 29.2. The molecule has 2 aromatic carbocycles. The van der Waals surface area contributed by atoms with Crippen molar-refractivity contribution in [1.29, 1.82) is 0 Å². The zero-order valence-electron chi connectivity index (χ0n) is 21.6. The van der Waals surface area contributed by atoms with Crippen LogP contribution in [0.5, 0.6) is 0 Å². The Morgan fingerprint density at radius 3 is 2.05 bits per heavy atom. The van der Waals surface area contributed by atoms with Crippen LogP contribution in [0.4, 0.5) is 18.0 Å². The van der Waals surface area contributed by atoms with Crippen LogP contribution in [-0.2, 0) is 22.1 Å². The van der Waals surface area contributed by atoms with Crippen molar-refractivity contribution in [2.45, 2.75) is 64.3 Å². The number of amides is 2. The maximum atomic E-state index is 13.3. The van der Waals surface area contributed by atoms with Gasteiger partial charge in [-0.2, -0.15) is 13.2 Å². The Balaban J connectivity index is 1.38. The summed E-state index contributed by atoms with van der Waals surface area (Å²) in [6, 6.07) is 8.24. The van der Waals surface area contributed by atoms with Crippen LogP contribution in [0.1, 0.15) is 51.2 Å². The molecule has 5 nitrogen and oxygen atoms in total. The van der Waals surface area contributed by atoms with Crippen LogP contribution < -0.4 is 0 Å². The van der Waals surface area contributed by atoms with Crippen LogP contribution in [0.3, 0.4) is 0 Å². The second kappa shape index (κ2) is 11.0. The van der Waals surface area contributed by atoms with E-state index in [2.05, 4.69) is 0 Å². The number of likely N-dealkylation sites (tertiary alicyclic amines) is 2. The van der Waals surface area contributed by atoms with Crippen LogP contribution in [0.25, 0.3) is 11.1 Å². The highest BCUT2D eigenvalue weighted by atomic mass is 35.5. The molecule has 2 aromatic rings. The number of piperidine rings is 1. The highest BCUT2D eigenvalue weighted by molar-refractivity contribution is 6.36. The first-order chi connectivity index (χ1) is 17.7. The summed E-state index contributed by atoms with van der Waals surface area (Å²) in [7, 11) is 0. The van der Waals surface area contributed by atoms with Crippen molar-refractivity contribution < 1.29 is 27.5 Å². The molecule has 10 heteroatoms. The Bertz CT molecular complexity index is 1160. The van der Waals surface area contributed by atoms with Gasteiger partial charge in [0, 0.05) is 41.6 Å². The van der Waals surface area contributed by atoms with E-state index in [9.17, 15) is 22.8 Å². The van der Waals surface area contributed by atoms with E-state index in [1.165, 1.54) is 12.1 Å². The molecule has 0 N–H and O–H groups in total. The lowest BCUT2D eigenvalue weighted by Crippen LogP contribution is -2.48. The number of rotatable bonds is 4. The Morgan fingerprint density at radius 2 is 1.53 bits per heavy atom. The predicted octanol–water partition coefficient (Wildman–Crippen LogP) is 7.47. The lowest BCUT2D eigenvalue weighted by Gasteiger charge is -2.37. The van der Waals surface area contributed by atoms with Crippen molar-refractivity contribution in [3.8, 4) is 11.1 Å².